The average molecular weight is 341 g/mol. The van der Waals surface area contributed by atoms with Crippen LogP contribution in [-0.4, -0.2) is 15.0 Å². The van der Waals surface area contributed by atoms with Crippen molar-refractivity contribution in [2.24, 2.45) is 13.0 Å². The van der Waals surface area contributed by atoms with Crippen molar-refractivity contribution in [3.63, 3.8) is 0 Å². The van der Waals surface area contributed by atoms with Gasteiger partial charge in [-0.15, -0.1) is 0 Å². The van der Waals surface area contributed by atoms with E-state index in [0.717, 1.165) is 23.0 Å². The number of benzene rings is 1. The molecule has 1 heterocycles. The predicted molar refractivity (Wildman–Crippen MR) is 95.2 cm³/mol. The lowest BCUT2D eigenvalue weighted by atomic mass is 9.91. The molecule has 0 bridgehead atoms. The molecule has 2 aromatic rings. The molecule has 0 radical (unpaired) electrons. The van der Waals surface area contributed by atoms with Gasteiger partial charge in [0.05, 0.1) is 6.04 Å². The zero-order chi connectivity index (χ0) is 17.8. The molecule has 1 aliphatic carbocycles. The van der Waals surface area contributed by atoms with Gasteiger partial charge in [0, 0.05) is 19.3 Å². The molecule has 1 aromatic carbocycles. The summed E-state index contributed by atoms with van der Waals surface area (Å²) in [6, 6.07) is 11.2. The Labute approximate surface area is 146 Å². The highest BCUT2D eigenvalue weighted by atomic mass is 16.2. The minimum absolute atomic E-state index is 0.0422. The number of rotatable bonds is 5. The molecule has 1 amide bonds. The molecule has 6 heteroatoms. The van der Waals surface area contributed by atoms with Crippen LogP contribution in [0.15, 0.2) is 52.2 Å². The number of hydrogen-bond donors (Lipinski definition) is 1. The molecule has 0 aliphatic heterocycles. The van der Waals surface area contributed by atoms with Gasteiger partial charge in [0.1, 0.15) is 6.54 Å². The summed E-state index contributed by atoms with van der Waals surface area (Å²) in [6.45, 7) is -0.0942. The fourth-order valence-corrected chi connectivity index (χ4v) is 3.53. The van der Waals surface area contributed by atoms with E-state index in [2.05, 4.69) is 5.32 Å². The molecule has 0 spiro atoms. The van der Waals surface area contributed by atoms with E-state index in [9.17, 15) is 14.4 Å². The first-order valence-electron chi connectivity index (χ1n) is 8.67. The lowest BCUT2D eigenvalue weighted by Crippen LogP contribution is -2.41. The van der Waals surface area contributed by atoms with Crippen molar-refractivity contribution in [1.29, 1.82) is 0 Å². The second-order valence-electron chi connectivity index (χ2n) is 6.62. The second-order valence-corrected chi connectivity index (χ2v) is 6.62. The van der Waals surface area contributed by atoms with Crippen molar-refractivity contribution in [2.45, 2.75) is 38.3 Å². The number of nitrogens with one attached hydrogen (secondary N) is 1. The third-order valence-corrected chi connectivity index (χ3v) is 4.92. The molecule has 3 rings (SSSR count). The van der Waals surface area contributed by atoms with Crippen LogP contribution in [0.3, 0.4) is 0 Å². The maximum Gasteiger partial charge on any atom is 0.331 e. The molecule has 25 heavy (non-hydrogen) atoms. The SMILES string of the molecule is Cn1c(=O)ccn(CC(=O)N[C@@H](c2ccccc2)C2CCCC2)c1=O. The molecule has 1 aliphatic rings. The average Bonchev–Trinajstić information content (AvgIpc) is 3.15. The van der Waals surface area contributed by atoms with Crippen molar-refractivity contribution in [3.05, 3.63) is 69.0 Å². The molecule has 1 atom stereocenters. The molecule has 6 nitrogen and oxygen atoms in total. The van der Waals surface area contributed by atoms with Crippen LogP contribution in [0, 0.1) is 5.92 Å². The monoisotopic (exact) mass is 341 g/mol. The smallest absolute Gasteiger partial charge is 0.331 e. The normalized spacial score (nSPS) is 15.9. The lowest BCUT2D eigenvalue weighted by Gasteiger charge is -2.25. The number of nitrogens with zero attached hydrogens (tertiary/aromatic N) is 2. The molecule has 0 saturated heterocycles. The Morgan fingerprint density at radius 1 is 1.16 bits per heavy atom. The maximum atomic E-state index is 12.5. The first-order valence-corrected chi connectivity index (χ1v) is 8.67. The first-order chi connectivity index (χ1) is 12.1. The number of hydrogen-bond acceptors (Lipinski definition) is 3. The van der Waals surface area contributed by atoms with E-state index in [1.807, 2.05) is 30.3 Å². The highest BCUT2D eigenvalue weighted by Gasteiger charge is 2.27. The highest BCUT2D eigenvalue weighted by Crippen LogP contribution is 2.35. The minimum atomic E-state index is -0.486. The van der Waals surface area contributed by atoms with Crippen molar-refractivity contribution in [1.82, 2.24) is 14.5 Å². The summed E-state index contributed by atoms with van der Waals surface area (Å²) in [7, 11) is 1.41. The van der Waals surface area contributed by atoms with Crippen LogP contribution in [0.2, 0.25) is 0 Å². The van der Waals surface area contributed by atoms with E-state index in [1.54, 1.807) is 0 Å². The molecule has 1 N–H and O–H groups in total. The molecule has 1 fully saturated rings. The van der Waals surface area contributed by atoms with Gasteiger partial charge in [-0.3, -0.25) is 18.7 Å². The molecule has 0 unspecified atom stereocenters. The zero-order valence-corrected chi connectivity index (χ0v) is 14.4. The topological polar surface area (TPSA) is 73.1 Å². The molecule has 1 aromatic heterocycles. The standard InChI is InChI=1S/C19H23N3O3/c1-21-17(24)11-12-22(19(21)25)13-16(23)20-18(15-9-5-6-10-15)14-7-3-2-4-8-14/h2-4,7-8,11-12,15,18H,5-6,9-10,13H2,1H3,(H,20,23)/t18-/m0/s1. The number of carbonyl (C=O) groups is 1. The molecular formula is C19H23N3O3. The molecule has 132 valence electrons. The first kappa shape index (κ1) is 17.2. The second kappa shape index (κ2) is 7.51. The lowest BCUT2D eigenvalue weighted by molar-refractivity contribution is -0.122. The summed E-state index contributed by atoms with van der Waals surface area (Å²) in [5, 5.41) is 3.10. The van der Waals surface area contributed by atoms with Crippen molar-refractivity contribution in [3.8, 4) is 0 Å². The van der Waals surface area contributed by atoms with Crippen LogP contribution in [0.5, 0.6) is 0 Å². The van der Waals surface area contributed by atoms with Gasteiger partial charge in [-0.1, -0.05) is 43.2 Å². The van der Waals surface area contributed by atoms with Gasteiger partial charge in [0.15, 0.2) is 0 Å². The Kier molecular flexibility index (Phi) is 5.16. The quantitative estimate of drug-likeness (QED) is 0.898. The van der Waals surface area contributed by atoms with Gasteiger partial charge in [0.2, 0.25) is 5.91 Å². The summed E-state index contributed by atoms with van der Waals surface area (Å²) in [6.07, 6.45) is 5.94. The Balaban J connectivity index is 1.78. The van der Waals surface area contributed by atoms with Gasteiger partial charge >= 0.3 is 5.69 Å². The van der Waals surface area contributed by atoms with Gasteiger partial charge in [-0.25, -0.2) is 4.79 Å². The third-order valence-electron chi connectivity index (χ3n) is 4.92. The van der Waals surface area contributed by atoms with Gasteiger partial charge < -0.3 is 5.32 Å². The molecule has 1 saturated carbocycles. The fourth-order valence-electron chi connectivity index (χ4n) is 3.53. The molecular weight excluding hydrogens is 318 g/mol. The van der Waals surface area contributed by atoms with E-state index in [0.29, 0.717) is 5.92 Å². The van der Waals surface area contributed by atoms with Crippen LogP contribution < -0.4 is 16.6 Å². The summed E-state index contributed by atoms with van der Waals surface area (Å²) < 4.78 is 2.26. The van der Waals surface area contributed by atoms with E-state index < -0.39 is 5.69 Å². The Morgan fingerprint density at radius 3 is 2.52 bits per heavy atom. The summed E-state index contributed by atoms with van der Waals surface area (Å²) >= 11 is 0. The van der Waals surface area contributed by atoms with Crippen molar-refractivity contribution in [2.75, 3.05) is 0 Å². The van der Waals surface area contributed by atoms with Gasteiger partial charge in [-0.05, 0) is 24.3 Å². The van der Waals surface area contributed by atoms with E-state index >= 15 is 0 Å². The highest BCUT2D eigenvalue weighted by molar-refractivity contribution is 5.76. The fraction of sp³-hybridized carbons (Fsp3) is 0.421. The van der Waals surface area contributed by atoms with Crippen LogP contribution in [0.4, 0.5) is 0 Å². The summed E-state index contributed by atoms with van der Waals surface area (Å²) in [5.41, 5.74) is 0.227. The van der Waals surface area contributed by atoms with Crippen LogP contribution in [0.1, 0.15) is 37.3 Å². The number of amides is 1. The van der Waals surface area contributed by atoms with Crippen LogP contribution in [-0.2, 0) is 18.4 Å². The van der Waals surface area contributed by atoms with Crippen LogP contribution >= 0.6 is 0 Å². The van der Waals surface area contributed by atoms with E-state index in [4.69, 9.17) is 0 Å². The Hall–Kier alpha value is -2.63. The predicted octanol–water partition coefficient (Wildman–Crippen LogP) is 1.59. The Morgan fingerprint density at radius 2 is 1.84 bits per heavy atom. The summed E-state index contributed by atoms with van der Waals surface area (Å²) in [5.74, 6) is 0.199. The maximum absolute atomic E-state index is 12.5. The van der Waals surface area contributed by atoms with Gasteiger partial charge in [0.25, 0.3) is 5.56 Å². The minimum Gasteiger partial charge on any atom is -0.347 e. The third kappa shape index (κ3) is 3.90. The zero-order valence-electron chi connectivity index (χ0n) is 14.4. The Bertz CT molecular complexity index is 848. The van der Waals surface area contributed by atoms with E-state index in [-0.39, 0.29) is 24.1 Å². The number of carbonyl (C=O) groups excluding carboxylic acids is 1. The van der Waals surface area contributed by atoms with Gasteiger partial charge in [-0.2, -0.15) is 0 Å². The van der Waals surface area contributed by atoms with Crippen molar-refractivity contribution < 1.29 is 4.79 Å². The van der Waals surface area contributed by atoms with Crippen molar-refractivity contribution >= 4 is 5.91 Å². The number of aromatic nitrogens is 2. The van der Waals surface area contributed by atoms with E-state index in [1.165, 1.54) is 36.7 Å². The van der Waals surface area contributed by atoms with Crippen LogP contribution in [0.25, 0.3) is 0 Å². The largest absolute Gasteiger partial charge is 0.347 e. The summed E-state index contributed by atoms with van der Waals surface area (Å²) in [4.78, 5) is 36.1.